The van der Waals surface area contributed by atoms with E-state index in [4.69, 9.17) is 0 Å². The molecule has 2 rings (SSSR count). The number of ether oxygens (including phenoxy) is 1. The Kier molecular flexibility index (Phi) is 2.06. The third-order valence-corrected chi connectivity index (χ3v) is 2.34. The summed E-state index contributed by atoms with van der Waals surface area (Å²) in [5.41, 5.74) is 2.89. The molecule has 1 aromatic heterocycles. The molecule has 4 nitrogen and oxygen atoms in total. The number of aromatic amines is 1. The Morgan fingerprint density at radius 2 is 2.46 bits per heavy atom. The highest BCUT2D eigenvalue weighted by Gasteiger charge is 2.19. The molecule has 0 saturated heterocycles. The Bertz CT molecular complexity index is 330. The highest BCUT2D eigenvalue weighted by Crippen LogP contribution is 2.18. The van der Waals surface area contributed by atoms with Gasteiger partial charge in [-0.1, -0.05) is 0 Å². The smallest absolute Gasteiger partial charge is 0.354 e. The molecule has 2 heterocycles. The van der Waals surface area contributed by atoms with Crippen LogP contribution < -0.4 is 5.32 Å². The first-order valence-electron chi connectivity index (χ1n) is 4.31. The largest absolute Gasteiger partial charge is 0.464 e. The van der Waals surface area contributed by atoms with Crippen LogP contribution in [0, 0.1) is 0 Å². The first-order valence-corrected chi connectivity index (χ1v) is 4.31. The zero-order chi connectivity index (χ0) is 9.26. The lowest BCUT2D eigenvalue weighted by molar-refractivity contribution is 0.0593. The van der Waals surface area contributed by atoms with E-state index < -0.39 is 0 Å². The number of methoxy groups -OCH3 is 1. The van der Waals surface area contributed by atoms with Crippen LogP contribution in [0.4, 0.5) is 0 Å². The first-order chi connectivity index (χ1) is 6.33. The number of carbonyl (C=O) groups is 1. The fourth-order valence-corrected chi connectivity index (χ4v) is 1.66. The molecule has 0 radical (unpaired) electrons. The van der Waals surface area contributed by atoms with E-state index in [-0.39, 0.29) is 5.97 Å². The van der Waals surface area contributed by atoms with Gasteiger partial charge in [0.15, 0.2) is 0 Å². The van der Waals surface area contributed by atoms with E-state index in [1.165, 1.54) is 12.7 Å². The molecule has 70 valence electrons. The van der Waals surface area contributed by atoms with Crippen molar-refractivity contribution in [3.8, 4) is 0 Å². The molecule has 0 fully saturated rings. The number of H-pyrrole nitrogens is 1. The molecule has 1 aromatic rings. The molecule has 0 amide bonds. The number of hydrogen-bond acceptors (Lipinski definition) is 3. The summed E-state index contributed by atoms with van der Waals surface area (Å²) < 4.78 is 4.67. The SMILES string of the molecule is COC(=O)c1[nH]cc2c1CCNC2. The molecule has 0 spiro atoms. The second-order valence-electron chi connectivity index (χ2n) is 3.09. The monoisotopic (exact) mass is 180 g/mol. The highest BCUT2D eigenvalue weighted by atomic mass is 16.5. The maximum Gasteiger partial charge on any atom is 0.354 e. The first kappa shape index (κ1) is 8.31. The Morgan fingerprint density at radius 1 is 1.62 bits per heavy atom. The second-order valence-corrected chi connectivity index (χ2v) is 3.09. The minimum atomic E-state index is -0.275. The predicted octanol–water partition coefficient (Wildman–Crippen LogP) is 0.447. The molecule has 0 atom stereocenters. The highest BCUT2D eigenvalue weighted by molar-refractivity contribution is 5.89. The van der Waals surface area contributed by atoms with Gasteiger partial charge in [0, 0.05) is 12.7 Å². The molecule has 1 aliphatic heterocycles. The number of esters is 1. The quantitative estimate of drug-likeness (QED) is 0.617. The van der Waals surface area contributed by atoms with Crippen molar-refractivity contribution in [3.05, 3.63) is 23.0 Å². The van der Waals surface area contributed by atoms with Crippen LogP contribution in [0.2, 0.25) is 0 Å². The van der Waals surface area contributed by atoms with Crippen LogP contribution in [0.3, 0.4) is 0 Å². The van der Waals surface area contributed by atoms with Gasteiger partial charge >= 0.3 is 5.97 Å². The maximum absolute atomic E-state index is 11.3. The van der Waals surface area contributed by atoms with E-state index in [0.717, 1.165) is 25.1 Å². The van der Waals surface area contributed by atoms with Crippen molar-refractivity contribution in [1.82, 2.24) is 10.3 Å². The standard InChI is InChI=1S/C9H12N2O2/c1-13-9(12)8-7-2-3-10-4-6(7)5-11-8/h5,10-11H,2-4H2,1H3. The minimum Gasteiger partial charge on any atom is -0.464 e. The summed E-state index contributed by atoms with van der Waals surface area (Å²) in [4.78, 5) is 14.2. The van der Waals surface area contributed by atoms with Gasteiger partial charge in [0.25, 0.3) is 0 Å². The summed E-state index contributed by atoms with van der Waals surface area (Å²) >= 11 is 0. The van der Waals surface area contributed by atoms with Gasteiger partial charge in [-0.15, -0.1) is 0 Å². The van der Waals surface area contributed by atoms with Crippen molar-refractivity contribution in [1.29, 1.82) is 0 Å². The number of hydrogen-bond donors (Lipinski definition) is 2. The average molecular weight is 180 g/mol. The Balaban J connectivity index is 2.36. The molecule has 1 aliphatic rings. The van der Waals surface area contributed by atoms with Crippen molar-refractivity contribution in [3.63, 3.8) is 0 Å². The lowest BCUT2D eigenvalue weighted by Gasteiger charge is -2.13. The minimum absolute atomic E-state index is 0.275. The Morgan fingerprint density at radius 3 is 3.23 bits per heavy atom. The van der Waals surface area contributed by atoms with E-state index >= 15 is 0 Å². The zero-order valence-corrected chi connectivity index (χ0v) is 7.52. The molecule has 0 saturated carbocycles. The van der Waals surface area contributed by atoms with E-state index in [9.17, 15) is 4.79 Å². The van der Waals surface area contributed by atoms with E-state index in [1.54, 1.807) is 0 Å². The van der Waals surface area contributed by atoms with Gasteiger partial charge < -0.3 is 15.0 Å². The van der Waals surface area contributed by atoms with Crippen molar-refractivity contribution in [2.45, 2.75) is 13.0 Å². The van der Waals surface area contributed by atoms with E-state index in [0.29, 0.717) is 5.69 Å². The van der Waals surface area contributed by atoms with Crippen LogP contribution in [-0.4, -0.2) is 24.6 Å². The molecule has 0 unspecified atom stereocenters. The number of fused-ring (bicyclic) bond motifs is 1. The van der Waals surface area contributed by atoms with Gasteiger partial charge in [-0.3, -0.25) is 0 Å². The van der Waals surface area contributed by atoms with Crippen LogP contribution in [0.15, 0.2) is 6.20 Å². The molecule has 4 heteroatoms. The van der Waals surface area contributed by atoms with Gasteiger partial charge in [0.1, 0.15) is 5.69 Å². The molecule has 0 aliphatic carbocycles. The fourth-order valence-electron chi connectivity index (χ4n) is 1.66. The molecule has 0 bridgehead atoms. The lowest BCUT2D eigenvalue weighted by Crippen LogP contribution is -2.23. The number of nitrogens with one attached hydrogen (secondary N) is 2. The molecular weight excluding hydrogens is 168 g/mol. The summed E-state index contributed by atoms with van der Waals surface area (Å²) in [6, 6.07) is 0. The Hall–Kier alpha value is -1.29. The molecule has 0 aromatic carbocycles. The normalized spacial score (nSPS) is 15.2. The van der Waals surface area contributed by atoms with Gasteiger partial charge in [-0.25, -0.2) is 4.79 Å². The average Bonchev–Trinajstić information content (AvgIpc) is 2.60. The number of aromatic nitrogens is 1. The fraction of sp³-hybridized carbons (Fsp3) is 0.444. The lowest BCUT2D eigenvalue weighted by atomic mass is 10.0. The molecule has 13 heavy (non-hydrogen) atoms. The van der Waals surface area contributed by atoms with E-state index in [2.05, 4.69) is 15.0 Å². The van der Waals surface area contributed by atoms with Crippen LogP contribution in [-0.2, 0) is 17.7 Å². The van der Waals surface area contributed by atoms with Gasteiger partial charge in [-0.05, 0) is 24.1 Å². The third-order valence-electron chi connectivity index (χ3n) is 2.34. The van der Waals surface area contributed by atoms with Crippen molar-refractivity contribution < 1.29 is 9.53 Å². The van der Waals surface area contributed by atoms with Crippen LogP contribution in [0.1, 0.15) is 21.6 Å². The summed E-state index contributed by atoms with van der Waals surface area (Å²) in [5, 5.41) is 3.24. The summed E-state index contributed by atoms with van der Waals surface area (Å²) in [6.45, 7) is 1.76. The van der Waals surface area contributed by atoms with Gasteiger partial charge in [0.2, 0.25) is 0 Å². The summed E-state index contributed by atoms with van der Waals surface area (Å²) in [5.74, 6) is -0.275. The number of carbonyl (C=O) groups excluding carboxylic acids is 1. The summed E-state index contributed by atoms with van der Waals surface area (Å²) in [7, 11) is 1.40. The third kappa shape index (κ3) is 1.33. The van der Waals surface area contributed by atoms with Gasteiger partial charge in [0.05, 0.1) is 7.11 Å². The van der Waals surface area contributed by atoms with E-state index in [1.807, 2.05) is 6.20 Å². The maximum atomic E-state index is 11.3. The second kappa shape index (κ2) is 3.22. The number of rotatable bonds is 1. The molecule has 2 N–H and O–H groups in total. The predicted molar refractivity (Wildman–Crippen MR) is 47.5 cm³/mol. The molecular formula is C9H12N2O2. The van der Waals surface area contributed by atoms with Crippen molar-refractivity contribution >= 4 is 5.97 Å². The van der Waals surface area contributed by atoms with Crippen LogP contribution >= 0.6 is 0 Å². The Labute approximate surface area is 76.3 Å². The van der Waals surface area contributed by atoms with Crippen molar-refractivity contribution in [2.24, 2.45) is 0 Å². The zero-order valence-electron chi connectivity index (χ0n) is 7.52. The summed E-state index contributed by atoms with van der Waals surface area (Å²) in [6.07, 6.45) is 2.76. The van der Waals surface area contributed by atoms with Crippen molar-refractivity contribution in [2.75, 3.05) is 13.7 Å². The van der Waals surface area contributed by atoms with Gasteiger partial charge in [-0.2, -0.15) is 0 Å². The van der Waals surface area contributed by atoms with Crippen LogP contribution in [0.25, 0.3) is 0 Å². The topological polar surface area (TPSA) is 54.1 Å². The van der Waals surface area contributed by atoms with Crippen LogP contribution in [0.5, 0.6) is 0 Å².